The van der Waals surface area contributed by atoms with Crippen molar-refractivity contribution >= 4 is 5.97 Å². The number of hydrogen-bond acceptors (Lipinski definition) is 6. The Morgan fingerprint density at radius 1 is 1.16 bits per heavy atom. The van der Waals surface area contributed by atoms with E-state index < -0.39 is 5.97 Å². The molecule has 3 heterocycles. The Kier molecular flexibility index (Phi) is 7.48. The van der Waals surface area contributed by atoms with E-state index in [1.165, 1.54) is 0 Å². The summed E-state index contributed by atoms with van der Waals surface area (Å²) in [5, 5.41) is 9.84. The van der Waals surface area contributed by atoms with E-state index in [1.807, 2.05) is 18.2 Å². The Hall–Kier alpha value is -1.67. The Morgan fingerprint density at radius 2 is 1.90 bits per heavy atom. The highest BCUT2D eigenvalue weighted by molar-refractivity contribution is 5.72. The summed E-state index contributed by atoms with van der Waals surface area (Å²) in [7, 11) is 2.18. The van der Waals surface area contributed by atoms with Gasteiger partial charge >= 0.3 is 5.97 Å². The van der Waals surface area contributed by atoms with Crippen LogP contribution in [0.2, 0.25) is 0 Å². The van der Waals surface area contributed by atoms with Gasteiger partial charge in [0.25, 0.3) is 0 Å². The third-order valence-corrected chi connectivity index (χ3v) is 7.34. The molecule has 1 aromatic rings. The topological polar surface area (TPSA) is 65.5 Å². The van der Waals surface area contributed by atoms with Crippen molar-refractivity contribution in [3.63, 3.8) is 0 Å². The number of ether oxygens (including phenoxy) is 2. The fourth-order valence-corrected chi connectivity index (χ4v) is 5.37. The largest absolute Gasteiger partial charge is 0.493 e. The van der Waals surface area contributed by atoms with Gasteiger partial charge in [0.1, 0.15) is 5.75 Å². The van der Waals surface area contributed by atoms with Crippen LogP contribution in [0.3, 0.4) is 0 Å². The molecule has 1 unspecified atom stereocenters. The summed E-state index contributed by atoms with van der Waals surface area (Å²) in [5.41, 5.74) is 0.998. The smallest absolute Gasteiger partial charge is 0.308 e. The summed E-state index contributed by atoms with van der Waals surface area (Å²) in [4.78, 5) is 19.2. The molecule has 0 amide bonds. The predicted molar refractivity (Wildman–Crippen MR) is 119 cm³/mol. The first kappa shape index (κ1) is 22.5. The van der Waals surface area contributed by atoms with Gasteiger partial charge in [-0.3, -0.25) is 9.69 Å². The number of benzene rings is 1. The molecule has 3 aliphatic rings. The minimum Gasteiger partial charge on any atom is -0.493 e. The van der Waals surface area contributed by atoms with E-state index >= 15 is 0 Å². The highest BCUT2D eigenvalue weighted by Gasteiger charge is 2.50. The fourth-order valence-electron chi connectivity index (χ4n) is 5.37. The number of rotatable bonds is 8. The SMILES string of the molecule is CN1CCN(CCCOc2ccccc2CN2CC(C(=O)O)C3(CCOCC3)C2)CC1. The van der Waals surface area contributed by atoms with E-state index in [0.29, 0.717) is 26.4 Å². The molecule has 1 atom stereocenters. The first-order chi connectivity index (χ1) is 15.1. The van der Waals surface area contributed by atoms with Crippen molar-refractivity contribution in [3.05, 3.63) is 29.8 Å². The molecule has 4 rings (SSSR count). The first-order valence-electron chi connectivity index (χ1n) is 11.7. The molecule has 0 aliphatic carbocycles. The molecule has 7 heteroatoms. The summed E-state index contributed by atoms with van der Waals surface area (Å²) in [6, 6.07) is 8.21. The van der Waals surface area contributed by atoms with Gasteiger partial charge in [-0.2, -0.15) is 0 Å². The minimum atomic E-state index is -0.669. The lowest BCUT2D eigenvalue weighted by Gasteiger charge is -2.36. The van der Waals surface area contributed by atoms with Crippen molar-refractivity contribution in [3.8, 4) is 5.75 Å². The molecule has 31 heavy (non-hydrogen) atoms. The number of likely N-dealkylation sites (tertiary alicyclic amines) is 1. The number of nitrogens with zero attached hydrogens (tertiary/aromatic N) is 3. The average Bonchev–Trinajstić information content (AvgIpc) is 3.11. The van der Waals surface area contributed by atoms with Crippen LogP contribution in [0, 0.1) is 11.3 Å². The molecule has 7 nitrogen and oxygen atoms in total. The molecule has 3 fully saturated rings. The van der Waals surface area contributed by atoms with Gasteiger partial charge in [-0.1, -0.05) is 18.2 Å². The van der Waals surface area contributed by atoms with Crippen molar-refractivity contribution in [1.29, 1.82) is 0 Å². The number of piperazine rings is 1. The number of likely N-dealkylation sites (N-methyl/N-ethyl adjacent to an activating group) is 1. The van der Waals surface area contributed by atoms with Gasteiger partial charge in [0.2, 0.25) is 0 Å². The molecule has 0 radical (unpaired) electrons. The Morgan fingerprint density at radius 3 is 2.65 bits per heavy atom. The Bertz CT molecular complexity index is 729. The molecule has 172 valence electrons. The number of carboxylic acid groups (broad SMARTS) is 1. The van der Waals surface area contributed by atoms with Crippen LogP contribution in [-0.2, 0) is 16.1 Å². The van der Waals surface area contributed by atoms with Crippen molar-refractivity contribution in [2.45, 2.75) is 25.8 Å². The van der Waals surface area contributed by atoms with E-state index in [-0.39, 0.29) is 11.3 Å². The molecular formula is C24H37N3O4. The summed E-state index contributed by atoms with van der Waals surface area (Å²) < 4.78 is 11.7. The maximum Gasteiger partial charge on any atom is 0.308 e. The van der Waals surface area contributed by atoms with E-state index in [4.69, 9.17) is 9.47 Å². The first-order valence-corrected chi connectivity index (χ1v) is 11.7. The Balaban J connectivity index is 1.31. The van der Waals surface area contributed by atoms with Gasteiger partial charge in [-0.05, 0) is 32.4 Å². The third kappa shape index (κ3) is 5.58. The summed E-state index contributed by atoms with van der Waals surface area (Å²) in [6.07, 6.45) is 2.70. The number of aliphatic carboxylic acids is 1. The molecule has 3 aliphatic heterocycles. The second kappa shape index (κ2) is 10.3. The van der Waals surface area contributed by atoms with E-state index in [9.17, 15) is 9.90 Å². The van der Waals surface area contributed by atoms with Crippen LogP contribution < -0.4 is 4.74 Å². The zero-order chi connectivity index (χ0) is 21.7. The van der Waals surface area contributed by atoms with Gasteiger partial charge in [-0.25, -0.2) is 0 Å². The van der Waals surface area contributed by atoms with Crippen LogP contribution in [0.1, 0.15) is 24.8 Å². The van der Waals surface area contributed by atoms with Crippen molar-refractivity contribution in [2.75, 3.05) is 72.7 Å². The second-order valence-corrected chi connectivity index (χ2v) is 9.49. The van der Waals surface area contributed by atoms with Gasteiger partial charge in [0, 0.05) is 76.6 Å². The predicted octanol–water partition coefficient (Wildman–Crippen LogP) is 2.02. The van der Waals surface area contributed by atoms with Gasteiger partial charge in [-0.15, -0.1) is 0 Å². The molecule has 0 saturated carbocycles. The van der Waals surface area contributed by atoms with Crippen LogP contribution in [0.4, 0.5) is 0 Å². The van der Waals surface area contributed by atoms with Crippen LogP contribution >= 0.6 is 0 Å². The number of hydrogen-bond donors (Lipinski definition) is 1. The lowest BCUT2D eigenvalue weighted by atomic mass is 9.72. The van der Waals surface area contributed by atoms with Crippen molar-refractivity contribution < 1.29 is 19.4 Å². The van der Waals surface area contributed by atoms with Gasteiger partial charge in [0.15, 0.2) is 0 Å². The second-order valence-electron chi connectivity index (χ2n) is 9.49. The van der Waals surface area contributed by atoms with Gasteiger partial charge in [0.05, 0.1) is 12.5 Å². The zero-order valence-electron chi connectivity index (χ0n) is 18.8. The molecule has 0 bridgehead atoms. The molecule has 3 saturated heterocycles. The summed E-state index contributed by atoms with van der Waals surface area (Å²) in [6.45, 7) is 9.86. The number of carbonyl (C=O) groups is 1. The molecular weight excluding hydrogens is 394 g/mol. The van der Waals surface area contributed by atoms with Crippen LogP contribution in [0.25, 0.3) is 0 Å². The molecule has 1 aromatic carbocycles. The zero-order valence-corrected chi connectivity index (χ0v) is 18.8. The third-order valence-electron chi connectivity index (χ3n) is 7.34. The lowest BCUT2D eigenvalue weighted by molar-refractivity contribution is -0.147. The number of para-hydroxylation sites is 1. The maximum atomic E-state index is 12.0. The summed E-state index contributed by atoms with van der Waals surface area (Å²) in [5.74, 6) is -0.0495. The standard InChI is InChI=1S/C24H37N3O4/c1-25-10-12-26(13-11-25)9-4-14-31-22-6-3-2-5-20(22)17-27-18-21(23(28)29)24(19-27)7-15-30-16-8-24/h2-3,5-6,21H,4,7-19H2,1H3,(H,28,29). The van der Waals surface area contributed by atoms with Crippen molar-refractivity contribution in [1.82, 2.24) is 14.7 Å². The maximum absolute atomic E-state index is 12.0. The molecule has 0 aromatic heterocycles. The Labute approximate surface area is 185 Å². The van der Waals surface area contributed by atoms with Crippen LogP contribution in [-0.4, -0.2) is 98.5 Å². The average molecular weight is 432 g/mol. The van der Waals surface area contributed by atoms with Gasteiger partial charge < -0.3 is 24.4 Å². The van der Waals surface area contributed by atoms with E-state index in [1.54, 1.807) is 0 Å². The van der Waals surface area contributed by atoms with Crippen LogP contribution in [0.15, 0.2) is 24.3 Å². The monoisotopic (exact) mass is 431 g/mol. The molecule has 1 spiro atoms. The highest BCUT2D eigenvalue weighted by Crippen LogP contribution is 2.45. The quantitative estimate of drug-likeness (QED) is 0.632. The number of carboxylic acids is 1. The minimum absolute atomic E-state index is 0.150. The van der Waals surface area contributed by atoms with Crippen molar-refractivity contribution in [2.24, 2.45) is 11.3 Å². The molecule has 1 N–H and O–H groups in total. The fraction of sp³-hybridized carbons (Fsp3) is 0.708. The van der Waals surface area contributed by atoms with Crippen LogP contribution in [0.5, 0.6) is 5.75 Å². The van der Waals surface area contributed by atoms with E-state index in [2.05, 4.69) is 27.8 Å². The highest BCUT2D eigenvalue weighted by atomic mass is 16.5. The lowest BCUT2D eigenvalue weighted by Crippen LogP contribution is -2.44. The normalized spacial score (nSPS) is 25.1. The summed E-state index contributed by atoms with van der Waals surface area (Å²) >= 11 is 0. The van der Waals surface area contributed by atoms with E-state index in [0.717, 1.165) is 76.4 Å².